The van der Waals surface area contributed by atoms with Gasteiger partial charge in [0.2, 0.25) is 0 Å². The Kier molecular flexibility index (Phi) is 4.45. The molecule has 1 aromatic heterocycles. The van der Waals surface area contributed by atoms with E-state index in [2.05, 4.69) is 4.98 Å². The standard InChI is InChI=1S/C11H14N2O4/c1-13(6-4-10(14)15)11(16)8-3-5-12-7-9(8)17-2/h3,5,7H,4,6H2,1-2H3,(H,14,15). The van der Waals surface area contributed by atoms with Crippen LogP contribution in [-0.2, 0) is 4.79 Å². The Hall–Kier alpha value is -2.11. The number of aliphatic carboxylic acids is 1. The van der Waals surface area contributed by atoms with Crippen LogP contribution >= 0.6 is 0 Å². The topological polar surface area (TPSA) is 79.7 Å². The van der Waals surface area contributed by atoms with Gasteiger partial charge in [0.25, 0.3) is 5.91 Å². The number of methoxy groups -OCH3 is 1. The Morgan fingerprint density at radius 2 is 2.24 bits per heavy atom. The van der Waals surface area contributed by atoms with Crippen LogP contribution in [0.4, 0.5) is 0 Å². The molecule has 17 heavy (non-hydrogen) atoms. The Labute approximate surface area is 98.8 Å². The molecule has 0 radical (unpaired) electrons. The first kappa shape index (κ1) is 13.0. The summed E-state index contributed by atoms with van der Waals surface area (Å²) in [5.41, 5.74) is 0.371. The third-order valence-corrected chi connectivity index (χ3v) is 2.24. The van der Waals surface area contributed by atoms with Crippen molar-refractivity contribution >= 4 is 11.9 Å². The Morgan fingerprint density at radius 1 is 1.53 bits per heavy atom. The first-order valence-electron chi connectivity index (χ1n) is 5.01. The van der Waals surface area contributed by atoms with Crippen LogP contribution in [-0.4, -0.2) is 47.6 Å². The molecule has 0 saturated heterocycles. The molecule has 1 amide bonds. The number of carbonyl (C=O) groups excluding carboxylic acids is 1. The fraction of sp³-hybridized carbons (Fsp3) is 0.364. The monoisotopic (exact) mass is 238 g/mol. The van der Waals surface area contributed by atoms with Crippen LogP contribution in [0.1, 0.15) is 16.8 Å². The maximum atomic E-state index is 12.0. The number of nitrogens with zero attached hydrogens (tertiary/aromatic N) is 2. The van der Waals surface area contributed by atoms with Gasteiger partial charge in [-0.25, -0.2) is 0 Å². The summed E-state index contributed by atoms with van der Waals surface area (Å²) >= 11 is 0. The summed E-state index contributed by atoms with van der Waals surface area (Å²) < 4.78 is 5.02. The highest BCUT2D eigenvalue weighted by atomic mass is 16.5. The van der Waals surface area contributed by atoms with Gasteiger partial charge in [0.15, 0.2) is 0 Å². The van der Waals surface area contributed by atoms with Gasteiger partial charge in [0.05, 0.1) is 25.3 Å². The second-order valence-electron chi connectivity index (χ2n) is 3.45. The average Bonchev–Trinajstić information content (AvgIpc) is 2.34. The molecule has 0 unspecified atom stereocenters. The quantitative estimate of drug-likeness (QED) is 0.814. The number of carboxylic acid groups (broad SMARTS) is 1. The lowest BCUT2D eigenvalue weighted by Crippen LogP contribution is -2.29. The molecule has 0 fully saturated rings. The van der Waals surface area contributed by atoms with Crippen LogP contribution in [0.3, 0.4) is 0 Å². The summed E-state index contributed by atoms with van der Waals surface area (Å²) in [5, 5.41) is 8.54. The van der Waals surface area contributed by atoms with Crippen LogP contribution < -0.4 is 4.74 Å². The SMILES string of the molecule is COc1cnccc1C(=O)N(C)CCC(=O)O. The molecule has 92 valence electrons. The summed E-state index contributed by atoms with van der Waals surface area (Å²) in [7, 11) is 3.00. The molecule has 1 aromatic rings. The highest BCUT2D eigenvalue weighted by molar-refractivity contribution is 5.96. The minimum absolute atomic E-state index is 0.0877. The molecule has 1 rings (SSSR count). The Balaban J connectivity index is 2.77. The minimum atomic E-state index is -0.939. The number of carboxylic acids is 1. The number of carbonyl (C=O) groups is 2. The lowest BCUT2D eigenvalue weighted by molar-refractivity contribution is -0.137. The van der Waals surface area contributed by atoms with Crippen LogP contribution in [0.25, 0.3) is 0 Å². The number of hydrogen-bond acceptors (Lipinski definition) is 4. The van der Waals surface area contributed by atoms with Crippen molar-refractivity contribution in [3.63, 3.8) is 0 Å². The van der Waals surface area contributed by atoms with Gasteiger partial charge in [0.1, 0.15) is 5.75 Å². The van der Waals surface area contributed by atoms with Crippen molar-refractivity contribution < 1.29 is 19.4 Å². The number of amides is 1. The number of hydrogen-bond donors (Lipinski definition) is 1. The van der Waals surface area contributed by atoms with Crippen molar-refractivity contribution in [2.75, 3.05) is 20.7 Å². The van der Waals surface area contributed by atoms with E-state index in [0.29, 0.717) is 11.3 Å². The van der Waals surface area contributed by atoms with E-state index in [4.69, 9.17) is 9.84 Å². The van der Waals surface area contributed by atoms with Crippen LogP contribution in [0.5, 0.6) is 5.75 Å². The van der Waals surface area contributed by atoms with Crippen molar-refractivity contribution in [3.8, 4) is 5.75 Å². The van der Waals surface area contributed by atoms with E-state index in [0.717, 1.165) is 0 Å². The van der Waals surface area contributed by atoms with E-state index < -0.39 is 5.97 Å². The first-order chi connectivity index (χ1) is 8.06. The zero-order chi connectivity index (χ0) is 12.8. The molecular formula is C11H14N2O4. The number of aromatic nitrogens is 1. The normalized spacial score (nSPS) is 9.76. The molecule has 1 N–H and O–H groups in total. The predicted molar refractivity (Wildman–Crippen MR) is 60.0 cm³/mol. The van der Waals surface area contributed by atoms with E-state index >= 15 is 0 Å². The third-order valence-electron chi connectivity index (χ3n) is 2.24. The first-order valence-corrected chi connectivity index (χ1v) is 5.01. The molecule has 6 nitrogen and oxygen atoms in total. The van der Waals surface area contributed by atoms with Gasteiger partial charge in [-0.05, 0) is 6.07 Å². The maximum Gasteiger partial charge on any atom is 0.305 e. The highest BCUT2D eigenvalue weighted by Gasteiger charge is 2.16. The molecule has 1 heterocycles. The Bertz CT molecular complexity index is 420. The second kappa shape index (κ2) is 5.83. The number of pyridine rings is 1. The van der Waals surface area contributed by atoms with Crippen molar-refractivity contribution in [2.24, 2.45) is 0 Å². The maximum absolute atomic E-state index is 12.0. The summed E-state index contributed by atoms with van der Waals surface area (Å²) in [6.07, 6.45) is 2.84. The molecule has 0 aromatic carbocycles. The lowest BCUT2D eigenvalue weighted by atomic mass is 10.2. The van der Waals surface area contributed by atoms with Gasteiger partial charge in [-0.3, -0.25) is 14.6 Å². The largest absolute Gasteiger partial charge is 0.494 e. The van der Waals surface area contributed by atoms with E-state index in [1.54, 1.807) is 13.1 Å². The molecule has 0 aliphatic rings. The second-order valence-corrected chi connectivity index (χ2v) is 3.45. The minimum Gasteiger partial charge on any atom is -0.494 e. The molecule has 0 spiro atoms. The van der Waals surface area contributed by atoms with Crippen LogP contribution in [0.2, 0.25) is 0 Å². The molecule has 0 aliphatic carbocycles. The summed E-state index contributed by atoms with van der Waals surface area (Å²) in [6.45, 7) is 0.152. The molecule has 0 aliphatic heterocycles. The zero-order valence-corrected chi connectivity index (χ0v) is 9.71. The molecule has 0 saturated carbocycles. The van der Waals surface area contributed by atoms with Gasteiger partial charge in [0, 0.05) is 19.8 Å². The van der Waals surface area contributed by atoms with Crippen molar-refractivity contribution in [1.82, 2.24) is 9.88 Å². The van der Waals surface area contributed by atoms with Crippen molar-refractivity contribution in [3.05, 3.63) is 24.0 Å². The molecule has 0 bridgehead atoms. The summed E-state index contributed by atoms with van der Waals surface area (Å²) in [5.74, 6) is -0.850. The fourth-order valence-corrected chi connectivity index (χ4v) is 1.29. The molecular weight excluding hydrogens is 224 g/mol. The van der Waals surface area contributed by atoms with E-state index in [-0.39, 0.29) is 18.9 Å². The Morgan fingerprint density at radius 3 is 2.82 bits per heavy atom. The highest BCUT2D eigenvalue weighted by Crippen LogP contribution is 2.17. The smallest absolute Gasteiger partial charge is 0.305 e. The van der Waals surface area contributed by atoms with Gasteiger partial charge in [-0.2, -0.15) is 0 Å². The summed E-state index contributed by atoms with van der Waals surface area (Å²) in [6, 6.07) is 1.54. The van der Waals surface area contributed by atoms with Gasteiger partial charge in [-0.1, -0.05) is 0 Å². The van der Waals surface area contributed by atoms with E-state index in [1.807, 2.05) is 0 Å². The summed E-state index contributed by atoms with van der Waals surface area (Å²) in [4.78, 5) is 27.6. The molecule has 0 atom stereocenters. The third kappa shape index (κ3) is 3.44. The van der Waals surface area contributed by atoms with Crippen molar-refractivity contribution in [2.45, 2.75) is 6.42 Å². The average molecular weight is 238 g/mol. The van der Waals surface area contributed by atoms with Gasteiger partial charge in [-0.15, -0.1) is 0 Å². The lowest BCUT2D eigenvalue weighted by Gasteiger charge is -2.17. The number of ether oxygens (including phenoxy) is 1. The van der Waals surface area contributed by atoms with Crippen LogP contribution in [0.15, 0.2) is 18.5 Å². The zero-order valence-electron chi connectivity index (χ0n) is 9.71. The van der Waals surface area contributed by atoms with Crippen LogP contribution in [0, 0.1) is 0 Å². The molecule has 6 heteroatoms. The fourth-order valence-electron chi connectivity index (χ4n) is 1.29. The van der Waals surface area contributed by atoms with Crippen molar-refractivity contribution in [1.29, 1.82) is 0 Å². The van der Waals surface area contributed by atoms with Gasteiger partial charge >= 0.3 is 5.97 Å². The van der Waals surface area contributed by atoms with E-state index in [9.17, 15) is 9.59 Å². The van der Waals surface area contributed by atoms with Gasteiger partial charge < -0.3 is 14.7 Å². The predicted octanol–water partition coefficient (Wildman–Crippen LogP) is 0.637. The van der Waals surface area contributed by atoms with E-state index in [1.165, 1.54) is 24.4 Å². The number of rotatable bonds is 5.